The maximum atomic E-state index is 9.93. The largest absolute Gasteiger partial charge is 0.396 e. The fourth-order valence-electron chi connectivity index (χ4n) is 2.11. The van der Waals surface area contributed by atoms with Crippen molar-refractivity contribution in [1.82, 2.24) is 10.2 Å². The molecule has 0 saturated carbocycles. The lowest BCUT2D eigenvalue weighted by molar-refractivity contribution is 0.0145. The molecule has 1 saturated heterocycles. The highest BCUT2D eigenvalue weighted by Gasteiger charge is 2.18. The number of hydrogen-bond acceptors (Lipinski definition) is 5. The molecule has 3 N–H and O–H groups in total. The quantitative estimate of drug-likeness (QED) is 0.558. The first-order valence-corrected chi connectivity index (χ1v) is 6.83. The molecule has 0 aromatic carbocycles. The molecule has 18 heavy (non-hydrogen) atoms. The summed E-state index contributed by atoms with van der Waals surface area (Å²) in [5.41, 5.74) is 0.0768. The predicted octanol–water partition coefficient (Wildman–Crippen LogP) is -0.322. The van der Waals surface area contributed by atoms with E-state index in [4.69, 9.17) is 9.84 Å². The van der Waals surface area contributed by atoms with E-state index in [1.807, 2.05) is 0 Å². The van der Waals surface area contributed by atoms with Crippen LogP contribution < -0.4 is 5.32 Å². The molecule has 0 spiro atoms. The van der Waals surface area contributed by atoms with Crippen LogP contribution in [0.25, 0.3) is 0 Å². The van der Waals surface area contributed by atoms with E-state index in [1.54, 1.807) is 0 Å². The van der Waals surface area contributed by atoms with Crippen molar-refractivity contribution >= 4 is 0 Å². The van der Waals surface area contributed by atoms with Crippen LogP contribution in [0.4, 0.5) is 0 Å². The molecule has 1 fully saturated rings. The molecule has 1 heterocycles. The van der Waals surface area contributed by atoms with Crippen LogP contribution in [0, 0.1) is 5.41 Å². The van der Waals surface area contributed by atoms with Crippen LogP contribution in [-0.4, -0.2) is 73.8 Å². The minimum absolute atomic E-state index is 0.0768. The number of hydrogen-bond donors (Lipinski definition) is 3. The van der Waals surface area contributed by atoms with E-state index in [1.165, 1.54) is 0 Å². The fraction of sp³-hybridized carbons (Fsp3) is 1.00. The Balaban J connectivity index is 2.10. The van der Waals surface area contributed by atoms with Crippen molar-refractivity contribution in [1.29, 1.82) is 0 Å². The summed E-state index contributed by atoms with van der Waals surface area (Å²) < 4.78 is 5.27. The van der Waals surface area contributed by atoms with Gasteiger partial charge in [-0.15, -0.1) is 0 Å². The number of aliphatic hydroxyl groups excluding tert-OH is 2. The lowest BCUT2D eigenvalue weighted by atomic mass is 9.90. The number of nitrogens with one attached hydrogen (secondary N) is 1. The molecule has 1 unspecified atom stereocenters. The predicted molar refractivity (Wildman–Crippen MR) is 71.6 cm³/mol. The van der Waals surface area contributed by atoms with E-state index in [0.29, 0.717) is 13.1 Å². The van der Waals surface area contributed by atoms with E-state index in [-0.39, 0.29) is 18.1 Å². The first-order valence-electron chi connectivity index (χ1n) is 6.83. The van der Waals surface area contributed by atoms with Crippen LogP contribution in [0.3, 0.4) is 0 Å². The molecular weight excluding hydrogens is 232 g/mol. The van der Waals surface area contributed by atoms with Crippen molar-refractivity contribution in [3.05, 3.63) is 0 Å². The van der Waals surface area contributed by atoms with Gasteiger partial charge in [0.2, 0.25) is 0 Å². The summed E-state index contributed by atoms with van der Waals surface area (Å²) in [6, 6.07) is 0. The molecule has 5 nitrogen and oxygen atoms in total. The van der Waals surface area contributed by atoms with Crippen LogP contribution in [0.1, 0.15) is 20.3 Å². The van der Waals surface area contributed by atoms with Gasteiger partial charge in [-0.2, -0.15) is 0 Å². The number of nitrogens with zero attached hydrogens (tertiary/aromatic N) is 1. The van der Waals surface area contributed by atoms with Gasteiger partial charge in [-0.3, -0.25) is 4.90 Å². The maximum Gasteiger partial charge on any atom is 0.0791 e. The zero-order chi connectivity index (χ0) is 13.4. The summed E-state index contributed by atoms with van der Waals surface area (Å²) in [6.45, 7) is 9.92. The number of aliphatic hydroxyl groups is 2. The second kappa shape index (κ2) is 8.07. The molecule has 0 aromatic rings. The molecule has 1 aliphatic rings. The fourth-order valence-corrected chi connectivity index (χ4v) is 2.11. The van der Waals surface area contributed by atoms with E-state index < -0.39 is 0 Å². The first-order chi connectivity index (χ1) is 8.53. The van der Waals surface area contributed by atoms with Crippen molar-refractivity contribution in [3.8, 4) is 0 Å². The zero-order valence-electron chi connectivity index (χ0n) is 11.7. The Morgan fingerprint density at radius 1 is 1.33 bits per heavy atom. The van der Waals surface area contributed by atoms with Gasteiger partial charge < -0.3 is 20.3 Å². The Labute approximate surface area is 110 Å². The van der Waals surface area contributed by atoms with Gasteiger partial charge in [0, 0.05) is 39.3 Å². The molecular formula is C13H28N2O3. The summed E-state index contributed by atoms with van der Waals surface area (Å²) in [5, 5.41) is 22.1. The minimum Gasteiger partial charge on any atom is -0.396 e. The highest BCUT2D eigenvalue weighted by atomic mass is 16.5. The molecule has 108 valence electrons. The minimum atomic E-state index is -0.340. The summed E-state index contributed by atoms with van der Waals surface area (Å²) in [7, 11) is 0. The summed E-state index contributed by atoms with van der Waals surface area (Å²) in [5.74, 6) is 0. The topological polar surface area (TPSA) is 65.0 Å². The third-order valence-corrected chi connectivity index (χ3v) is 3.34. The standard InChI is InChI=1S/C13H28N2O3/c1-13(2,3-6-16)11-14-9-12(17)10-15-4-7-18-8-5-15/h12,14,16-17H,3-11H2,1-2H3. The second-order valence-corrected chi connectivity index (χ2v) is 5.84. The van der Waals surface area contributed by atoms with Crippen LogP contribution in [-0.2, 0) is 4.74 Å². The molecule has 0 bridgehead atoms. The maximum absolute atomic E-state index is 9.93. The molecule has 1 rings (SSSR count). The van der Waals surface area contributed by atoms with Crippen LogP contribution >= 0.6 is 0 Å². The Kier molecular flexibility index (Phi) is 7.11. The van der Waals surface area contributed by atoms with Crippen molar-refractivity contribution in [2.75, 3.05) is 52.5 Å². The smallest absolute Gasteiger partial charge is 0.0791 e. The lowest BCUT2D eigenvalue weighted by Gasteiger charge is -2.29. The van der Waals surface area contributed by atoms with Crippen LogP contribution in [0.2, 0.25) is 0 Å². The first kappa shape index (κ1) is 15.9. The Hall–Kier alpha value is -0.200. The normalized spacial score (nSPS) is 20.0. The highest BCUT2D eigenvalue weighted by molar-refractivity contribution is 4.74. The van der Waals surface area contributed by atoms with Crippen molar-refractivity contribution in [2.24, 2.45) is 5.41 Å². The number of rotatable bonds is 8. The third-order valence-electron chi connectivity index (χ3n) is 3.34. The van der Waals surface area contributed by atoms with Crippen LogP contribution in [0.5, 0.6) is 0 Å². The number of β-amino-alcohol motifs (C(OH)–C–C–N with tert-alkyl or cyclic N) is 1. The van der Waals surface area contributed by atoms with Gasteiger partial charge in [0.05, 0.1) is 19.3 Å². The monoisotopic (exact) mass is 260 g/mol. The van der Waals surface area contributed by atoms with E-state index in [0.717, 1.165) is 39.3 Å². The molecule has 0 radical (unpaired) electrons. The molecule has 1 aliphatic heterocycles. The van der Waals surface area contributed by atoms with Gasteiger partial charge in [-0.05, 0) is 11.8 Å². The summed E-state index contributed by atoms with van der Waals surface area (Å²) in [4.78, 5) is 2.23. The van der Waals surface area contributed by atoms with Gasteiger partial charge in [0.1, 0.15) is 0 Å². The van der Waals surface area contributed by atoms with Crippen LogP contribution in [0.15, 0.2) is 0 Å². The average Bonchev–Trinajstić information content (AvgIpc) is 2.29. The van der Waals surface area contributed by atoms with Gasteiger partial charge in [0.15, 0.2) is 0 Å². The zero-order valence-corrected chi connectivity index (χ0v) is 11.7. The van der Waals surface area contributed by atoms with E-state index in [2.05, 4.69) is 24.1 Å². The Bertz CT molecular complexity index is 218. The highest BCUT2D eigenvalue weighted by Crippen LogP contribution is 2.17. The lowest BCUT2D eigenvalue weighted by Crippen LogP contribution is -2.44. The molecule has 0 aromatic heterocycles. The number of morpholine rings is 1. The molecule has 5 heteroatoms. The summed E-state index contributed by atoms with van der Waals surface area (Å²) in [6.07, 6.45) is 0.438. The number of ether oxygens (including phenoxy) is 1. The van der Waals surface area contributed by atoms with Gasteiger partial charge in [-0.1, -0.05) is 13.8 Å². The SMILES string of the molecule is CC(C)(CCO)CNCC(O)CN1CCOCC1. The Morgan fingerprint density at radius 3 is 2.61 bits per heavy atom. The third kappa shape index (κ3) is 6.66. The second-order valence-electron chi connectivity index (χ2n) is 5.84. The van der Waals surface area contributed by atoms with E-state index in [9.17, 15) is 5.11 Å². The summed E-state index contributed by atoms with van der Waals surface area (Å²) >= 11 is 0. The van der Waals surface area contributed by atoms with Gasteiger partial charge in [0.25, 0.3) is 0 Å². The van der Waals surface area contributed by atoms with Crippen molar-refractivity contribution in [2.45, 2.75) is 26.4 Å². The van der Waals surface area contributed by atoms with Gasteiger partial charge in [-0.25, -0.2) is 0 Å². The van der Waals surface area contributed by atoms with Crippen molar-refractivity contribution < 1.29 is 14.9 Å². The molecule has 1 atom stereocenters. The van der Waals surface area contributed by atoms with Crippen molar-refractivity contribution in [3.63, 3.8) is 0 Å². The van der Waals surface area contributed by atoms with Gasteiger partial charge >= 0.3 is 0 Å². The Morgan fingerprint density at radius 2 is 2.00 bits per heavy atom. The molecule has 0 amide bonds. The van der Waals surface area contributed by atoms with E-state index >= 15 is 0 Å². The molecule has 0 aliphatic carbocycles. The average molecular weight is 260 g/mol.